The largest absolute Gasteiger partial charge is 0.390 e. The molecular formula is C15H20Cl2O2. The summed E-state index contributed by atoms with van der Waals surface area (Å²) >= 11 is 12.2. The number of hydrogen-bond donors (Lipinski definition) is 2. The van der Waals surface area contributed by atoms with Gasteiger partial charge in [0.2, 0.25) is 0 Å². The van der Waals surface area contributed by atoms with E-state index in [0.717, 1.165) is 25.7 Å². The van der Waals surface area contributed by atoms with Gasteiger partial charge in [-0.3, -0.25) is 0 Å². The molecule has 0 aromatic heterocycles. The average Bonchev–Trinajstić information content (AvgIpc) is 2.43. The molecule has 2 nitrogen and oxygen atoms in total. The molecule has 1 aliphatic carbocycles. The fraction of sp³-hybridized carbons (Fsp3) is 0.600. The Hall–Kier alpha value is -0.280. The van der Waals surface area contributed by atoms with Crippen LogP contribution in [0.3, 0.4) is 0 Å². The molecule has 0 spiro atoms. The van der Waals surface area contributed by atoms with Gasteiger partial charge in [0.25, 0.3) is 0 Å². The second-order valence-corrected chi connectivity index (χ2v) is 6.17. The maximum absolute atomic E-state index is 10.2. The summed E-state index contributed by atoms with van der Waals surface area (Å²) in [5.74, 6) is 0.199. The second kappa shape index (κ2) is 6.94. The zero-order valence-electron chi connectivity index (χ0n) is 10.9. The van der Waals surface area contributed by atoms with Gasteiger partial charge in [0.05, 0.1) is 12.2 Å². The molecule has 1 aliphatic rings. The third-order valence-electron chi connectivity index (χ3n) is 4.00. The molecule has 0 saturated heterocycles. The van der Waals surface area contributed by atoms with Crippen molar-refractivity contribution in [2.75, 3.05) is 0 Å². The van der Waals surface area contributed by atoms with E-state index in [-0.39, 0.29) is 5.92 Å². The molecular weight excluding hydrogens is 283 g/mol. The molecule has 0 radical (unpaired) electrons. The molecule has 2 atom stereocenters. The van der Waals surface area contributed by atoms with Crippen LogP contribution in [-0.2, 0) is 6.42 Å². The van der Waals surface area contributed by atoms with Gasteiger partial charge < -0.3 is 10.2 Å². The van der Waals surface area contributed by atoms with E-state index >= 15 is 0 Å². The summed E-state index contributed by atoms with van der Waals surface area (Å²) in [5.41, 5.74) is 0.716. The van der Waals surface area contributed by atoms with Crippen LogP contribution in [-0.4, -0.2) is 22.4 Å². The summed E-state index contributed by atoms with van der Waals surface area (Å²) < 4.78 is 0. The van der Waals surface area contributed by atoms with E-state index < -0.39 is 12.2 Å². The van der Waals surface area contributed by atoms with Gasteiger partial charge in [-0.2, -0.15) is 0 Å². The molecule has 2 rings (SSSR count). The van der Waals surface area contributed by atoms with Crippen molar-refractivity contribution in [1.29, 1.82) is 0 Å². The van der Waals surface area contributed by atoms with Crippen molar-refractivity contribution >= 4 is 23.2 Å². The monoisotopic (exact) mass is 302 g/mol. The van der Waals surface area contributed by atoms with Gasteiger partial charge in [0.1, 0.15) is 0 Å². The highest BCUT2D eigenvalue weighted by Gasteiger charge is 2.28. The molecule has 0 heterocycles. The van der Waals surface area contributed by atoms with Crippen LogP contribution in [0.5, 0.6) is 0 Å². The summed E-state index contributed by atoms with van der Waals surface area (Å²) in [6.07, 6.45) is 4.31. The van der Waals surface area contributed by atoms with Crippen LogP contribution in [0.2, 0.25) is 10.0 Å². The molecule has 1 aromatic carbocycles. The Morgan fingerprint density at radius 2 is 1.63 bits per heavy atom. The van der Waals surface area contributed by atoms with E-state index in [4.69, 9.17) is 23.2 Å². The van der Waals surface area contributed by atoms with Crippen molar-refractivity contribution in [2.45, 2.75) is 50.7 Å². The zero-order valence-corrected chi connectivity index (χ0v) is 12.4. The van der Waals surface area contributed by atoms with Crippen molar-refractivity contribution in [3.05, 3.63) is 33.8 Å². The minimum Gasteiger partial charge on any atom is -0.390 e. The molecule has 19 heavy (non-hydrogen) atoms. The van der Waals surface area contributed by atoms with Crippen LogP contribution < -0.4 is 0 Å². The predicted octanol–water partition coefficient (Wildman–Crippen LogP) is 3.84. The fourth-order valence-corrected chi connectivity index (χ4v) is 3.40. The molecule has 2 N–H and O–H groups in total. The van der Waals surface area contributed by atoms with Crippen LogP contribution in [0, 0.1) is 5.92 Å². The Balaban J connectivity index is 2.01. The van der Waals surface area contributed by atoms with Gasteiger partial charge in [-0.25, -0.2) is 0 Å². The number of aliphatic hydroxyl groups excluding tert-OH is 2. The van der Waals surface area contributed by atoms with Crippen LogP contribution >= 0.6 is 23.2 Å². The van der Waals surface area contributed by atoms with Crippen LogP contribution in [0.25, 0.3) is 0 Å². The Morgan fingerprint density at radius 1 is 1.05 bits per heavy atom. The molecule has 2 unspecified atom stereocenters. The topological polar surface area (TPSA) is 40.5 Å². The van der Waals surface area contributed by atoms with E-state index in [9.17, 15) is 10.2 Å². The highest BCUT2D eigenvalue weighted by molar-refractivity contribution is 6.35. The Kier molecular flexibility index (Phi) is 5.52. The normalized spacial score (nSPS) is 20.2. The van der Waals surface area contributed by atoms with Gasteiger partial charge in [-0.05, 0) is 36.5 Å². The second-order valence-electron chi connectivity index (χ2n) is 5.36. The third kappa shape index (κ3) is 3.85. The molecule has 106 valence electrons. The van der Waals surface area contributed by atoms with Crippen molar-refractivity contribution in [3.63, 3.8) is 0 Å². The molecule has 1 saturated carbocycles. The lowest BCUT2D eigenvalue weighted by Crippen LogP contribution is -2.36. The van der Waals surface area contributed by atoms with Crippen molar-refractivity contribution in [2.24, 2.45) is 5.92 Å². The first kappa shape index (κ1) is 15.1. The van der Waals surface area contributed by atoms with Crippen LogP contribution in [0.15, 0.2) is 18.2 Å². The summed E-state index contributed by atoms with van der Waals surface area (Å²) in [5, 5.41) is 21.5. The summed E-state index contributed by atoms with van der Waals surface area (Å²) in [6.45, 7) is 0. The minimum atomic E-state index is -0.805. The van der Waals surface area contributed by atoms with Crippen molar-refractivity contribution in [3.8, 4) is 0 Å². The zero-order chi connectivity index (χ0) is 13.8. The molecule has 1 aromatic rings. The first-order valence-corrected chi connectivity index (χ1v) is 7.64. The molecule has 4 heteroatoms. The van der Waals surface area contributed by atoms with Gasteiger partial charge in [-0.1, -0.05) is 48.5 Å². The lowest BCUT2D eigenvalue weighted by Gasteiger charge is -2.30. The quantitative estimate of drug-likeness (QED) is 0.887. The smallest absolute Gasteiger partial charge is 0.0843 e. The summed E-state index contributed by atoms with van der Waals surface area (Å²) in [4.78, 5) is 0. The van der Waals surface area contributed by atoms with Gasteiger partial charge >= 0.3 is 0 Å². The van der Waals surface area contributed by atoms with Gasteiger partial charge in [0, 0.05) is 16.5 Å². The molecule has 1 fully saturated rings. The Bertz CT molecular complexity index is 396. The maximum atomic E-state index is 10.2. The predicted molar refractivity (Wildman–Crippen MR) is 78.8 cm³/mol. The van der Waals surface area contributed by atoms with Gasteiger partial charge in [0.15, 0.2) is 0 Å². The molecule has 0 amide bonds. The maximum Gasteiger partial charge on any atom is 0.0843 e. The third-order valence-corrected chi connectivity index (χ3v) is 4.71. The lowest BCUT2D eigenvalue weighted by molar-refractivity contribution is -0.0263. The number of rotatable bonds is 4. The van der Waals surface area contributed by atoms with Crippen LogP contribution in [0.1, 0.15) is 37.7 Å². The number of aliphatic hydroxyl groups is 2. The summed E-state index contributed by atoms with van der Waals surface area (Å²) in [6, 6.07) is 5.28. The first-order chi connectivity index (χ1) is 9.09. The van der Waals surface area contributed by atoms with E-state index in [1.807, 2.05) is 0 Å². The molecule has 0 bridgehead atoms. The minimum absolute atomic E-state index is 0.199. The van der Waals surface area contributed by atoms with E-state index in [0.29, 0.717) is 22.0 Å². The van der Waals surface area contributed by atoms with E-state index in [1.165, 1.54) is 6.42 Å². The average molecular weight is 303 g/mol. The Morgan fingerprint density at radius 3 is 2.21 bits per heavy atom. The van der Waals surface area contributed by atoms with Gasteiger partial charge in [-0.15, -0.1) is 0 Å². The lowest BCUT2D eigenvalue weighted by atomic mass is 9.82. The SMILES string of the molecule is OC(Cc1c(Cl)cccc1Cl)C(O)C1CCCCC1. The van der Waals surface area contributed by atoms with E-state index in [2.05, 4.69) is 0 Å². The first-order valence-electron chi connectivity index (χ1n) is 6.88. The number of hydrogen-bond acceptors (Lipinski definition) is 2. The van der Waals surface area contributed by atoms with Crippen molar-refractivity contribution < 1.29 is 10.2 Å². The van der Waals surface area contributed by atoms with E-state index in [1.54, 1.807) is 18.2 Å². The number of benzene rings is 1. The van der Waals surface area contributed by atoms with Crippen LogP contribution in [0.4, 0.5) is 0 Å². The molecule has 0 aliphatic heterocycles. The fourth-order valence-electron chi connectivity index (χ4n) is 2.85. The standard InChI is InChI=1S/C15H20Cl2O2/c16-12-7-4-8-13(17)11(12)9-14(18)15(19)10-5-2-1-3-6-10/h4,7-8,10,14-15,18-19H,1-3,5-6,9H2. The highest BCUT2D eigenvalue weighted by Crippen LogP contribution is 2.31. The number of halogens is 2. The highest BCUT2D eigenvalue weighted by atomic mass is 35.5. The van der Waals surface area contributed by atoms with Crippen molar-refractivity contribution in [1.82, 2.24) is 0 Å². The summed E-state index contributed by atoms with van der Waals surface area (Å²) in [7, 11) is 0. The Labute approximate surface area is 124 Å².